The largest absolute Gasteiger partial charge is 0.309 e. The summed E-state index contributed by atoms with van der Waals surface area (Å²) in [7, 11) is 0. The topological polar surface area (TPSA) is 26.0 Å². The summed E-state index contributed by atoms with van der Waals surface area (Å²) in [6.07, 6.45) is 3.73. The fourth-order valence-corrected chi connectivity index (χ4v) is 7.45. The predicted molar refractivity (Wildman–Crippen MR) is 187 cm³/mol. The molecule has 0 aliphatic carbocycles. The van der Waals surface area contributed by atoms with Gasteiger partial charge in [-0.15, -0.1) is 0 Å². The molecule has 0 saturated carbocycles. The van der Waals surface area contributed by atoms with Crippen LogP contribution in [0, 0.1) is 0 Å². The second kappa shape index (κ2) is 9.18. The summed E-state index contributed by atoms with van der Waals surface area (Å²) in [6.45, 7) is 0. The second-order valence-electron chi connectivity index (χ2n) is 11.7. The van der Waals surface area contributed by atoms with Crippen molar-refractivity contribution in [3.8, 4) is 22.5 Å². The number of hydrogen-bond acceptors (Lipinski definition) is 2. The Morgan fingerprint density at radius 1 is 0.400 bits per heavy atom. The highest BCUT2D eigenvalue weighted by Gasteiger charge is 2.30. The minimum absolute atomic E-state index is 1.12. The van der Waals surface area contributed by atoms with Gasteiger partial charge in [-0.1, -0.05) is 84.9 Å². The Morgan fingerprint density at radius 3 is 1.98 bits per heavy atom. The number of aromatic nitrogens is 3. The molecule has 45 heavy (non-hydrogen) atoms. The molecule has 0 unspecified atom stereocenters. The fraction of sp³-hybridized carbons (Fsp3) is 0. The minimum Gasteiger partial charge on any atom is -0.309 e. The third kappa shape index (κ3) is 3.34. The Hall–Kier alpha value is -6.13. The van der Waals surface area contributed by atoms with Crippen molar-refractivity contribution >= 4 is 60.7 Å². The Kier molecular flexibility index (Phi) is 4.96. The zero-order valence-electron chi connectivity index (χ0n) is 24.3. The van der Waals surface area contributed by atoms with Crippen molar-refractivity contribution in [3.05, 3.63) is 158 Å². The summed E-state index contributed by atoms with van der Waals surface area (Å²) in [6, 6.07) is 52.6. The maximum atomic E-state index is 4.32. The van der Waals surface area contributed by atoms with E-state index in [4.69, 9.17) is 0 Å². The molecule has 0 spiro atoms. The summed E-state index contributed by atoms with van der Waals surface area (Å²) in [5.41, 5.74) is 13.0. The maximum Gasteiger partial charge on any atom is 0.0783 e. The molecule has 0 fully saturated rings. The van der Waals surface area contributed by atoms with Crippen LogP contribution in [0.2, 0.25) is 0 Å². The summed E-state index contributed by atoms with van der Waals surface area (Å²) in [5, 5.41) is 5.04. The Balaban J connectivity index is 1.32. The lowest BCUT2D eigenvalue weighted by Gasteiger charge is -2.33. The molecule has 0 saturated heterocycles. The van der Waals surface area contributed by atoms with Crippen molar-refractivity contribution < 1.29 is 0 Å². The number of para-hydroxylation sites is 5. The SMILES string of the molecule is c1ccc(N2c3ccccc3-n3c4c2cccc4c2ccc4c(c5ccccc5n4-c4ccc(-c5cccnc5)cc4)c23)cc1. The van der Waals surface area contributed by atoms with Crippen LogP contribution in [0.25, 0.3) is 66.1 Å². The molecule has 0 N–H and O–H groups in total. The van der Waals surface area contributed by atoms with Crippen LogP contribution in [0.1, 0.15) is 0 Å². The van der Waals surface area contributed by atoms with Gasteiger partial charge in [-0.25, -0.2) is 0 Å². The average molecular weight is 575 g/mol. The summed E-state index contributed by atoms with van der Waals surface area (Å²) >= 11 is 0. The second-order valence-corrected chi connectivity index (χ2v) is 11.7. The first-order valence-electron chi connectivity index (χ1n) is 15.3. The Morgan fingerprint density at radius 2 is 1.13 bits per heavy atom. The third-order valence-electron chi connectivity index (χ3n) is 9.30. The van der Waals surface area contributed by atoms with Crippen LogP contribution in [0.15, 0.2) is 158 Å². The third-order valence-corrected chi connectivity index (χ3v) is 9.30. The number of rotatable bonds is 3. The fourth-order valence-electron chi connectivity index (χ4n) is 7.45. The lowest BCUT2D eigenvalue weighted by atomic mass is 10.1. The standard InChI is InChI=1S/C41H26N4/c1-2-11-29(12-3-1)44-35-16-6-7-17-36(35)45-40-31(14-8-18-38(40)44)32-23-24-37-39(41(32)45)33-13-4-5-15-34(33)43(37)30-21-19-27(20-22-30)28-10-9-25-42-26-28/h1-26H. The van der Waals surface area contributed by atoms with Gasteiger partial charge in [0.05, 0.1) is 39.1 Å². The van der Waals surface area contributed by atoms with Gasteiger partial charge in [0.25, 0.3) is 0 Å². The highest BCUT2D eigenvalue weighted by molar-refractivity contribution is 6.28. The molecule has 4 heteroatoms. The lowest BCUT2D eigenvalue weighted by Crippen LogP contribution is -2.17. The van der Waals surface area contributed by atoms with Crippen LogP contribution in [-0.2, 0) is 0 Å². The molecular formula is C41H26N4. The molecule has 6 aromatic carbocycles. The number of pyridine rings is 1. The van der Waals surface area contributed by atoms with E-state index in [0.29, 0.717) is 0 Å². The van der Waals surface area contributed by atoms with Crippen molar-refractivity contribution in [3.63, 3.8) is 0 Å². The van der Waals surface area contributed by atoms with Crippen LogP contribution >= 0.6 is 0 Å². The quantitative estimate of drug-likeness (QED) is 0.210. The van der Waals surface area contributed by atoms with Crippen LogP contribution in [0.4, 0.5) is 17.1 Å². The highest BCUT2D eigenvalue weighted by Crippen LogP contribution is 2.51. The van der Waals surface area contributed by atoms with E-state index in [9.17, 15) is 0 Å². The van der Waals surface area contributed by atoms with Gasteiger partial charge in [0.2, 0.25) is 0 Å². The van der Waals surface area contributed by atoms with E-state index in [1.54, 1.807) is 0 Å². The van der Waals surface area contributed by atoms with E-state index in [0.717, 1.165) is 22.5 Å². The molecule has 4 heterocycles. The molecule has 0 radical (unpaired) electrons. The van der Waals surface area contributed by atoms with Crippen molar-refractivity contribution in [2.24, 2.45) is 0 Å². The molecule has 1 aliphatic rings. The maximum absolute atomic E-state index is 4.32. The van der Waals surface area contributed by atoms with E-state index in [1.165, 1.54) is 60.7 Å². The normalized spacial score (nSPS) is 12.4. The zero-order chi connectivity index (χ0) is 29.5. The number of nitrogens with zero attached hydrogens (tertiary/aromatic N) is 4. The molecule has 9 aromatic rings. The number of anilines is 3. The highest BCUT2D eigenvalue weighted by atomic mass is 15.2. The first-order valence-corrected chi connectivity index (χ1v) is 15.3. The summed E-state index contributed by atoms with van der Waals surface area (Å²) in [5.74, 6) is 0. The molecule has 3 aromatic heterocycles. The van der Waals surface area contributed by atoms with Crippen molar-refractivity contribution in [2.45, 2.75) is 0 Å². The number of hydrogen-bond donors (Lipinski definition) is 0. The molecule has 0 bridgehead atoms. The van der Waals surface area contributed by atoms with Gasteiger partial charge in [-0.2, -0.15) is 0 Å². The monoisotopic (exact) mass is 574 g/mol. The zero-order valence-corrected chi connectivity index (χ0v) is 24.3. The number of fused-ring (bicyclic) bond motifs is 9. The molecule has 0 atom stereocenters. The Labute approximate surface area is 259 Å². The van der Waals surface area contributed by atoms with Crippen molar-refractivity contribution in [1.82, 2.24) is 14.1 Å². The molecule has 10 rings (SSSR count). The predicted octanol–water partition coefficient (Wildman–Crippen LogP) is 10.7. The van der Waals surface area contributed by atoms with Crippen LogP contribution in [-0.4, -0.2) is 14.1 Å². The van der Waals surface area contributed by atoms with E-state index in [2.05, 4.69) is 159 Å². The molecule has 210 valence electrons. The van der Waals surface area contributed by atoms with Gasteiger partial charge >= 0.3 is 0 Å². The van der Waals surface area contributed by atoms with E-state index in [-0.39, 0.29) is 0 Å². The van der Waals surface area contributed by atoms with Gasteiger partial charge in [0.15, 0.2) is 0 Å². The van der Waals surface area contributed by atoms with Gasteiger partial charge in [0, 0.05) is 45.3 Å². The molecule has 4 nitrogen and oxygen atoms in total. The average Bonchev–Trinajstić information content (AvgIpc) is 3.63. The van der Waals surface area contributed by atoms with Crippen LogP contribution in [0.3, 0.4) is 0 Å². The smallest absolute Gasteiger partial charge is 0.0783 e. The van der Waals surface area contributed by atoms with Crippen LogP contribution < -0.4 is 4.90 Å². The molecule has 0 amide bonds. The van der Waals surface area contributed by atoms with Gasteiger partial charge in [-0.3, -0.25) is 4.98 Å². The number of benzene rings is 6. The molecule has 1 aliphatic heterocycles. The van der Waals surface area contributed by atoms with Crippen molar-refractivity contribution in [2.75, 3.05) is 4.90 Å². The van der Waals surface area contributed by atoms with E-state index < -0.39 is 0 Å². The van der Waals surface area contributed by atoms with E-state index in [1.807, 2.05) is 18.5 Å². The van der Waals surface area contributed by atoms with Gasteiger partial charge in [0.1, 0.15) is 0 Å². The minimum atomic E-state index is 1.12. The first kappa shape index (κ1) is 24.3. The van der Waals surface area contributed by atoms with Gasteiger partial charge < -0.3 is 14.0 Å². The summed E-state index contributed by atoms with van der Waals surface area (Å²) in [4.78, 5) is 6.72. The van der Waals surface area contributed by atoms with Crippen LogP contribution in [0.5, 0.6) is 0 Å². The van der Waals surface area contributed by atoms with Crippen molar-refractivity contribution in [1.29, 1.82) is 0 Å². The van der Waals surface area contributed by atoms with Gasteiger partial charge in [-0.05, 0) is 71.8 Å². The van der Waals surface area contributed by atoms with E-state index >= 15 is 0 Å². The first-order chi connectivity index (χ1) is 22.4. The molecular weight excluding hydrogens is 548 g/mol. The summed E-state index contributed by atoms with van der Waals surface area (Å²) < 4.78 is 4.92. The lowest BCUT2D eigenvalue weighted by molar-refractivity contribution is 1.12. The Bertz CT molecular complexity index is 2580.